The number of imidazole rings is 1. The number of nitrogens with two attached hydrogens (primary N) is 1. The lowest BCUT2D eigenvalue weighted by Gasteiger charge is -2.37. The van der Waals surface area contributed by atoms with Crippen molar-refractivity contribution in [3.8, 4) is 0 Å². The van der Waals surface area contributed by atoms with Gasteiger partial charge in [-0.1, -0.05) is 91.0 Å². The summed E-state index contributed by atoms with van der Waals surface area (Å²) in [6.45, 7) is 0.408. The zero-order valence-electron chi connectivity index (χ0n) is 17.6. The van der Waals surface area contributed by atoms with Gasteiger partial charge in [-0.25, -0.2) is 9.78 Å². The number of hydrogen-bond donors (Lipinski definition) is 2. The SMILES string of the molecule is NC(=O)NCCCc1cn(C(c2ccccc2)(c2ccccc2)c2ccccc2)c(F)n1. The molecule has 32 heavy (non-hydrogen) atoms. The first-order chi connectivity index (χ1) is 15.6. The van der Waals surface area contributed by atoms with Gasteiger partial charge >= 0.3 is 6.03 Å². The van der Waals surface area contributed by atoms with Crippen molar-refractivity contribution in [1.29, 1.82) is 0 Å². The second kappa shape index (κ2) is 9.47. The van der Waals surface area contributed by atoms with Crippen molar-refractivity contribution < 1.29 is 9.18 Å². The average molecular weight is 429 g/mol. The fourth-order valence-corrected chi connectivity index (χ4v) is 4.20. The van der Waals surface area contributed by atoms with E-state index in [1.807, 2.05) is 91.0 Å². The van der Waals surface area contributed by atoms with Crippen molar-refractivity contribution in [2.75, 3.05) is 6.54 Å². The van der Waals surface area contributed by atoms with Crippen molar-refractivity contribution in [3.05, 3.63) is 126 Å². The molecule has 0 aliphatic carbocycles. The lowest BCUT2D eigenvalue weighted by molar-refractivity contribution is 0.249. The summed E-state index contributed by atoms with van der Waals surface area (Å²) in [5, 5.41) is 2.56. The van der Waals surface area contributed by atoms with Crippen molar-refractivity contribution >= 4 is 6.03 Å². The molecule has 0 fully saturated rings. The lowest BCUT2D eigenvalue weighted by atomic mass is 9.76. The van der Waals surface area contributed by atoms with E-state index in [1.165, 1.54) is 0 Å². The Morgan fingerprint density at radius 2 is 1.34 bits per heavy atom. The molecule has 0 bridgehead atoms. The summed E-state index contributed by atoms with van der Waals surface area (Å²) in [4.78, 5) is 15.1. The van der Waals surface area contributed by atoms with Crippen molar-refractivity contribution in [1.82, 2.24) is 14.9 Å². The Morgan fingerprint density at radius 3 is 1.78 bits per heavy atom. The number of hydrogen-bond acceptors (Lipinski definition) is 2. The number of primary amides is 1. The molecular weight excluding hydrogens is 403 g/mol. The Balaban J connectivity index is 1.88. The predicted molar refractivity (Wildman–Crippen MR) is 123 cm³/mol. The number of benzene rings is 3. The summed E-state index contributed by atoms with van der Waals surface area (Å²) in [7, 11) is 0. The summed E-state index contributed by atoms with van der Waals surface area (Å²) in [6, 6.07) is 29.1. The van der Waals surface area contributed by atoms with E-state index in [1.54, 1.807) is 10.8 Å². The number of aryl methyl sites for hydroxylation is 1. The van der Waals surface area contributed by atoms with Crippen molar-refractivity contribution in [2.24, 2.45) is 5.73 Å². The molecule has 0 unspecified atom stereocenters. The topological polar surface area (TPSA) is 72.9 Å². The highest BCUT2D eigenvalue weighted by Crippen LogP contribution is 2.41. The molecule has 162 valence electrons. The monoisotopic (exact) mass is 428 g/mol. The molecule has 0 radical (unpaired) electrons. The van der Waals surface area contributed by atoms with Gasteiger partial charge in [-0.15, -0.1) is 0 Å². The van der Waals surface area contributed by atoms with Crippen LogP contribution in [0.3, 0.4) is 0 Å². The number of amides is 2. The van der Waals surface area contributed by atoms with Crippen LogP contribution in [0.15, 0.2) is 97.2 Å². The van der Waals surface area contributed by atoms with Crippen LogP contribution in [0, 0.1) is 6.08 Å². The molecule has 4 aromatic rings. The molecule has 0 aliphatic rings. The van der Waals surface area contributed by atoms with E-state index in [0.717, 1.165) is 16.7 Å². The maximum absolute atomic E-state index is 15.6. The first-order valence-corrected chi connectivity index (χ1v) is 10.6. The average Bonchev–Trinajstić information content (AvgIpc) is 3.20. The highest BCUT2D eigenvalue weighted by atomic mass is 19.1. The second-order valence-corrected chi connectivity index (χ2v) is 7.57. The quantitative estimate of drug-likeness (QED) is 0.321. The van der Waals surface area contributed by atoms with Crippen LogP contribution in [0.4, 0.5) is 9.18 Å². The standard InChI is InChI=1S/C26H25FN4O/c27-24-30-23(17-10-18-29-25(28)32)19-31(24)26(20-11-4-1-5-12-20,21-13-6-2-7-14-21)22-15-8-3-9-16-22/h1-9,11-16,19H,10,17-18H2,(H3,28,29,32). The van der Waals surface area contributed by atoms with E-state index in [4.69, 9.17) is 5.73 Å². The zero-order valence-corrected chi connectivity index (χ0v) is 17.6. The van der Waals surface area contributed by atoms with E-state index >= 15 is 4.39 Å². The van der Waals surface area contributed by atoms with Crippen LogP contribution in [0.2, 0.25) is 0 Å². The fraction of sp³-hybridized carbons (Fsp3) is 0.154. The normalized spacial score (nSPS) is 11.3. The van der Waals surface area contributed by atoms with Gasteiger partial charge in [0.1, 0.15) is 5.54 Å². The highest BCUT2D eigenvalue weighted by Gasteiger charge is 2.40. The van der Waals surface area contributed by atoms with Crippen LogP contribution in [0.1, 0.15) is 28.8 Å². The molecule has 0 aliphatic heterocycles. The first kappa shape index (κ1) is 21.3. The van der Waals surface area contributed by atoms with Gasteiger partial charge in [0, 0.05) is 12.7 Å². The number of carbonyl (C=O) groups excluding carboxylic acids is 1. The Morgan fingerprint density at radius 1 is 0.875 bits per heavy atom. The Labute approximate surface area is 186 Å². The van der Waals surface area contributed by atoms with Crippen molar-refractivity contribution in [3.63, 3.8) is 0 Å². The minimum Gasteiger partial charge on any atom is -0.352 e. The number of aromatic nitrogens is 2. The maximum Gasteiger partial charge on any atom is 0.312 e. The molecule has 4 rings (SSSR count). The van der Waals surface area contributed by atoms with E-state index in [2.05, 4.69) is 10.3 Å². The Kier molecular flexibility index (Phi) is 6.31. The lowest BCUT2D eigenvalue weighted by Crippen LogP contribution is -2.38. The summed E-state index contributed by atoms with van der Waals surface area (Å²) < 4.78 is 17.2. The molecule has 0 saturated heterocycles. The Bertz CT molecular complexity index is 1060. The first-order valence-electron chi connectivity index (χ1n) is 10.6. The van der Waals surface area contributed by atoms with E-state index in [9.17, 15) is 4.79 Å². The van der Waals surface area contributed by atoms with Gasteiger partial charge in [0.25, 0.3) is 6.08 Å². The van der Waals surface area contributed by atoms with E-state index in [-0.39, 0.29) is 0 Å². The van der Waals surface area contributed by atoms with Gasteiger partial charge in [0.05, 0.1) is 5.69 Å². The maximum atomic E-state index is 15.6. The number of halogens is 1. The molecule has 3 N–H and O–H groups in total. The van der Waals surface area contributed by atoms with Crippen molar-refractivity contribution in [2.45, 2.75) is 18.4 Å². The number of carbonyl (C=O) groups is 1. The van der Waals surface area contributed by atoms with Gasteiger partial charge in [-0.2, -0.15) is 4.39 Å². The van der Waals surface area contributed by atoms with Crippen LogP contribution in [-0.2, 0) is 12.0 Å². The van der Waals surface area contributed by atoms with Gasteiger partial charge in [-0.3, -0.25) is 4.57 Å². The molecule has 3 aromatic carbocycles. The van der Waals surface area contributed by atoms with Crippen LogP contribution < -0.4 is 11.1 Å². The van der Waals surface area contributed by atoms with E-state index < -0.39 is 17.6 Å². The molecule has 0 saturated carbocycles. The minimum atomic E-state index is -0.940. The molecule has 0 spiro atoms. The number of urea groups is 1. The third-order valence-electron chi connectivity index (χ3n) is 5.56. The number of nitrogens with zero attached hydrogens (tertiary/aromatic N) is 2. The third kappa shape index (κ3) is 4.12. The summed E-state index contributed by atoms with van der Waals surface area (Å²) in [6.07, 6.45) is 2.32. The van der Waals surface area contributed by atoms with Gasteiger partial charge in [-0.05, 0) is 29.5 Å². The predicted octanol–water partition coefficient (Wildman–Crippen LogP) is 4.46. The van der Waals surface area contributed by atoms with Gasteiger partial charge < -0.3 is 11.1 Å². The fourth-order valence-electron chi connectivity index (χ4n) is 4.20. The van der Waals surface area contributed by atoms with Gasteiger partial charge in [0.2, 0.25) is 0 Å². The van der Waals surface area contributed by atoms with Crippen LogP contribution in [-0.4, -0.2) is 22.1 Å². The molecule has 6 heteroatoms. The summed E-state index contributed by atoms with van der Waals surface area (Å²) in [5.41, 5.74) is 7.57. The zero-order chi connectivity index (χ0) is 22.4. The molecule has 1 heterocycles. The van der Waals surface area contributed by atoms with Crippen LogP contribution in [0.5, 0.6) is 0 Å². The second-order valence-electron chi connectivity index (χ2n) is 7.57. The molecule has 0 atom stereocenters. The van der Waals surface area contributed by atoms with Gasteiger partial charge in [0.15, 0.2) is 0 Å². The van der Waals surface area contributed by atoms with Crippen LogP contribution >= 0.6 is 0 Å². The minimum absolute atomic E-state index is 0.408. The third-order valence-corrected chi connectivity index (χ3v) is 5.56. The van der Waals surface area contributed by atoms with E-state index in [0.29, 0.717) is 25.1 Å². The largest absolute Gasteiger partial charge is 0.352 e. The number of rotatable bonds is 8. The molecular formula is C26H25FN4O. The number of nitrogens with one attached hydrogen (secondary N) is 1. The molecule has 2 amide bonds. The smallest absolute Gasteiger partial charge is 0.312 e. The molecule has 1 aromatic heterocycles. The molecule has 5 nitrogen and oxygen atoms in total. The van der Waals surface area contributed by atoms with Crippen LogP contribution in [0.25, 0.3) is 0 Å². The summed E-state index contributed by atoms with van der Waals surface area (Å²) in [5.74, 6) is 0. The Hall–Kier alpha value is -3.93. The highest BCUT2D eigenvalue weighted by molar-refractivity contribution is 5.71. The summed E-state index contributed by atoms with van der Waals surface area (Å²) >= 11 is 0.